The minimum Gasteiger partial charge on any atom is -0.355 e. The molecule has 5 rings (SSSR count). The van der Waals surface area contributed by atoms with E-state index >= 15 is 0 Å². The molecule has 0 fully saturated rings. The van der Waals surface area contributed by atoms with Crippen LogP contribution in [0.3, 0.4) is 0 Å². The molecule has 2 amide bonds. The lowest BCUT2D eigenvalue weighted by Crippen LogP contribution is -2.34. The van der Waals surface area contributed by atoms with E-state index in [1.807, 2.05) is 28.8 Å². The number of para-hydroxylation sites is 1. The predicted octanol–water partition coefficient (Wildman–Crippen LogP) is 6.88. The summed E-state index contributed by atoms with van der Waals surface area (Å²) < 4.78 is 44.9. The van der Waals surface area contributed by atoms with Crippen molar-refractivity contribution in [2.45, 2.75) is 45.2 Å². The highest BCUT2D eigenvalue weighted by Gasteiger charge is 2.25. The number of amides is 2. The second kappa shape index (κ2) is 12.4. The third-order valence-electron chi connectivity index (χ3n) is 7.50. The van der Waals surface area contributed by atoms with E-state index in [2.05, 4.69) is 42.5 Å². The Morgan fingerprint density at radius 2 is 1.64 bits per heavy atom. The van der Waals surface area contributed by atoms with Gasteiger partial charge in [0.1, 0.15) is 24.0 Å². The van der Waals surface area contributed by atoms with E-state index < -0.39 is 29.4 Å². The van der Waals surface area contributed by atoms with Gasteiger partial charge in [-0.2, -0.15) is 0 Å². The number of hydrogen-bond acceptors (Lipinski definition) is 3. The van der Waals surface area contributed by atoms with Crippen LogP contribution in [0.15, 0.2) is 85.1 Å². The van der Waals surface area contributed by atoms with E-state index in [1.54, 1.807) is 18.3 Å². The fourth-order valence-corrected chi connectivity index (χ4v) is 5.51. The Balaban J connectivity index is 1.57. The molecule has 9 heteroatoms. The van der Waals surface area contributed by atoms with Gasteiger partial charge in [-0.1, -0.05) is 51.1 Å². The lowest BCUT2D eigenvalue weighted by molar-refractivity contribution is -0.122. The second-order valence-corrected chi connectivity index (χ2v) is 11.7. The molecule has 2 aromatic heterocycles. The van der Waals surface area contributed by atoms with Crippen molar-refractivity contribution in [3.05, 3.63) is 125 Å². The molecular weight excluding hydrogens is 565 g/mol. The van der Waals surface area contributed by atoms with Gasteiger partial charge in [-0.05, 0) is 65.4 Å². The van der Waals surface area contributed by atoms with Gasteiger partial charge in [-0.25, -0.2) is 13.2 Å². The van der Waals surface area contributed by atoms with Crippen LogP contribution >= 0.6 is 0 Å². The van der Waals surface area contributed by atoms with Gasteiger partial charge in [-0.15, -0.1) is 0 Å². The molecule has 0 radical (unpaired) electrons. The first-order chi connectivity index (χ1) is 20.9. The van der Waals surface area contributed by atoms with Crippen LogP contribution in [-0.2, 0) is 23.2 Å². The van der Waals surface area contributed by atoms with Crippen molar-refractivity contribution in [1.29, 1.82) is 0 Å². The Labute approximate surface area is 253 Å². The Morgan fingerprint density at radius 1 is 0.909 bits per heavy atom. The molecule has 5 aromatic rings. The maximum Gasteiger partial charge on any atom is 0.254 e. The zero-order valence-corrected chi connectivity index (χ0v) is 24.9. The van der Waals surface area contributed by atoms with E-state index in [0.29, 0.717) is 22.4 Å². The van der Waals surface area contributed by atoms with Crippen LogP contribution in [0.25, 0.3) is 22.0 Å². The zero-order chi connectivity index (χ0) is 31.6. The molecule has 0 aliphatic rings. The Morgan fingerprint density at radius 3 is 2.34 bits per heavy atom. The van der Waals surface area contributed by atoms with Crippen molar-refractivity contribution >= 4 is 22.7 Å². The van der Waals surface area contributed by atoms with Gasteiger partial charge < -0.3 is 15.2 Å². The van der Waals surface area contributed by atoms with Gasteiger partial charge >= 0.3 is 0 Å². The number of pyridine rings is 1. The summed E-state index contributed by atoms with van der Waals surface area (Å²) in [6, 6.07) is 19.8. The molecule has 0 saturated carbocycles. The highest BCUT2D eigenvalue weighted by molar-refractivity contribution is 5.95. The van der Waals surface area contributed by atoms with Crippen LogP contribution in [0, 0.1) is 17.5 Å². The number of aromatic nitrogens is 2. The molecule has 44 heavy (non-hydrogen) atoms. The summed E-state index contributed by atoms with van der Waals surface area (Å²) >= 11 is 0. The fraction of sp³-hybridized carbons (Fsp3) is 0.229. The standard InChI is InChI=1S/C35H33F3N4O2/c1-35(2,3)31-18-23-8-5-6-10-30(23)42(31)20-32(43)41-29(16-21-14-24(36)19-25(37)15-21)33-26(9-7-13-40-33)22-11-12-28(38)27(17-22)34(44)39-4/h5-15,17-19,29H,16,20H2,1-4H3,(H,39,44)(H,41,43)/t29-/m0/s1. The number of hydrogen-bond donors (Lipinski definition) is 2. The monoisotopic (exact) mass is 598 g/mol. The van der Waals surface area contributed by atoms with E-state index in [1.165, 1.54) is 37.4 Å². The van der Waals surface area contributed by atoms with Gasteiger partial charge in [0.05, 0.1) is 17.3 Å². The molecule has 226 valence electrons. The smallest absolute Gasteiger partial charge is 0.254 e. The third-order valence-corrected chi connectivity index (χ3v) is 7.50. The minimum atomic E-state index is -0.826. The van der Waals surface area contributed by atoms with Crippen LogP contribution in [0.5, 0.6) is 0 Å². The average Bonchev–Trinajstić information content (AvgIpc) is 3.35. The molecule has 0 aliphatic heterocycles. The Hall–Kier alpha value is -4.92. The minimum absolute atomic E-state index is 0.00629. The molecular formula is C35H33F3N4O2. The number of carbonyl (C=O) groups excluding carboxylic acids is 2. The normalized spacial score (nSPS) is 12.2. The van der Waals surface area contributed by atoms with Gasteiger partial charge in [0.25, 0.3) is 5.91 Å². The van der Waals surface area contributed by atoms with E-state index in [9.17, 15) is 22.8 Å². The first-order valence-corrected chi connectivity index (χ1v) is 14.2. The molecule has 0 aliphatic carbocycles. The van der Waals surface area contributed by atoms with Crippen molar-refractivity contribution < 1.29 is 22.8 Å². The average molecular weight is 599 g/mol. The molecule has 0 saturated heterocycles. The van der Waals surface area contributed by atoms with Gasteiger partial charge in [0.15, 0.2) is 0 Å². The van der Waals surface area contributed by atoms with E-state index in [4.69, 9.17) is 0 Å². The van der Waals surface area contributed by atoms with Crippen LogP contribution < -0.4 is 10.6 Å². The lowest BCUT2D eigenvalue weighted by atomic mass is 9.92. The molecule has 3 aromatic carbocycles. The van der Waals surface area contributed by atoms with Crippen LogP contribution in [0.1, 0.15) is 54.1 Å². The topological polar surface area (TPSA) is 76.0 Å². The maximum absolute atomic E-state index is 14.5. The predicted molar refractivity (Wildman–Crippen MR) is 165 cm³/mol. The molecule has 0 unspecified atom stereocenters. The zero-order valence-electron chi connectivity index (χ0n) is 24.9. The Kier molecular flexibility index (Phi) is 8.58. The summed E-state index contributed by atoms with van der Waals surface area (Å²) in [7, 11) is 1.41. The van der Waals surface area contributed by atoms with Crippen molar-refractivity contribution in [3.63, 3.8) is 0 Å². The number of rotatable bonds is 8. The summed E-state index contributed by atoms with van der Waals surface area (Å²) in [6.07, 6.45) is 1.57. The van der Waals surface area contributed by atoms with Crippen molar-refractivity contribution in [3.8, 4) is 11.1 Å². The SMILES string of the molecule is CNC(=O)c1cc(-c2cccnc2[C@H](Cc2cc(F)cc(F)c2)NC(=O)Cn2c(C(C)(C)C)cc3ccccc32)ccc1F. The van der Waals surface area contributed by atoms with Gasteiger partial charge in [-0.3, -0.25) is 14.6 Å². The number of nitrogens with one attached hydrogen (secondary N) is 2. The highest BCUT2D eigenvalue weighted by atomic mass is 19.1. The maximum atomic E-state index is 14.5. The first kappa shape index (κ1) is 30.5. The molecule has 6 nitrogen and oxygen atoms in total. The third kappa shape index (κ3) is 6.51. The number of carbonyl (C=O) groups is 2. The highest BCUT2D eigenvalue weighted by Crippen LogP contribution is 2.32. The number of halogens is 3. The second-order valence-electron chi connectivity index (χ2n) is 11.7. The van der Waals surface area contributed by atoms with Crippen LogP contribution in [0.4, 0.5) is 13.2 Å². The van der Waals surface area contributed by atoms with Crippen molar-refractivity contribution in [1.82, 2.24) is 20.2 Å². The molecule has 0 spiro atoms. The first-order valence-electron chi connectivity index (χ1n) is 14.2. The quantitative estimate of drug-likeness (QED) is 0.205. The fourth-order valence-electron chi connectivity index (χ4n) is 5.51. The number of fused-ring (bicyclic) bond motifs is 1. The largest absolute Gasteiger partial charge is 0.355 e. The summed E-state index contributed by atoms with van der Waals surface area (Å²) in [6.45, 7) is 6.22. The molecule has 2 heterocycles. The van der Waals surface area contributed by atoms with Gasteiger partial charge in [0.2, 0.25) is 5.91 Å². The van der Waals surface area contributed by atoms with E-state index in [-0.39, 0.29) is 29.9 Å². The van der Waals surface area contributed by atoms with Crippen LogP contribution in [0.2, 0.25) is 0 Å². The Bertz CT molecular complexity index is 1840. The summed E-state index contributed by atoms with van der Waals surface area (Å²) in [5, 5.41) is 6.49. The number of nitrogens with zero attached hydrogens (tertiary/aromatic N) is 2. The summed E-state index contributed by atoms with van der Waals surface area (Å²) in [5.41, 5.74) is 3.21. The van der Waals surface area contributed by atoms with E-state index in [0.717, 1.165) is 22.7 Å². The van der Waals surface area contributed by atoms with Crippen molar-refractivity contribution in [2.24, 2.45) is 0 Å². The molecule has 0 bridgehead atoms. The summed E-state index contributed by atoms with van der Waals surface area (Å²) in [4.78, 5) is 30.7. The lowest BCUT2D eigenvalue weighted by Gasteiger charge is -2.24. The molecule has 2 N–H and O–H groups in total. The molecule has 1 atom stereocenters. The van der Waals surface area contributed by atoms with Crippen LogP contribution in [-0.4, -0.2) is 28.4 Å². The van der Waals surface area contributed by atoms with Gasteiger partial charge in [0, 0.05) is 41.5 Å². The summed E-state index contributed by atoms with van der Waals surface area (Å²) in [5.74, 6) is -3.10. The van der Waals surface area contributed by atoms with Crippen molar-refractivity contribution in [2.75, 3.05) is 7.05 Å². The number of benzene rings is 3.